The lowest BCUT2D eigenvalue weighted by Gasteiger charge is -2.36. The van der Waals surface area contributed by atoms with E-state index in [1.54, 1.807) is 0 Å². The molecule has 1 N–H and O–H groups in total. The van der Waals surface area contributed by atoms with E-state index in [0.717, 1.165) is 47.6 Å². The molecule has 0 unspecified atom stereocenters. The largest absolute Gasteiger partial charge is 0.486 e. The van der Waals surface area contributed by atoms with Crippen molar-refractivity contribution in [3.05, 3.63) is 77.4 Å². The Hall–Kier alpha value is -3.67. The maximum atomic E-state index is 14.4. The Bertz CT molecular complexity index is 1470. The summed E-state index contributed by atoms with van der Waals surface area (Å²) in [4.78, 5) is 10.5. The van der Waals surface area contributed by atoms with Crippen molar-refractivity contribution < 1.29 is 45.0 Å². The lowest BCUT2D eigenvalue weighted by Crippen LogP contribution is -2.44. The predicted molar refractivity (Wildman–Crippen MR) is 124 cm³/mol. The lowest BCUT2D eigenvalue weighted by atomic mass is 10.0. The van der Waals surface area contributed by atoms with Gasteiger partial charge in [-0.25, -0.2) is 17.2 Å². The summed E-state index contributed by atoms with van der Waals surface area (Å²) in [7, 11) is -4.64. The molecular formula is C25H20F5NO5S. The minimum atomic E-state index is -4.80. The highest BCUT2D eigenvalue weighted by molar-refractivity contribution is 7.93. The molecule has 37 heavy (non-hydrogen) atoms. The number of hydrogen-bond acceptors (Lipinski definition) is 4. The fraction of sp³-hybridized carbons (Fsp3) is 0.240. The molecule has 4 rings (SSSR count). The maximum absolute atomic E-state index is 14.4. The summed E-state index contributed by atoms with van der Waals surface area (Å²) in [5.74, 6) is -2.66. The van der Waals surface area contributed by atoms with Gasteiger partial charge in [-0.1, -0.05) is 12.1 Å². The first-order chi connectivity index (χ1) is 17.3. The minimum Gasteiger partial charge on any atom is -0.486 e. The molecule has 0 bridgehead atoms. The number of hydrogen-bond donors (Lipinski definition) is 1. The zero-order valence-corrected chi connectivity index (χ0v) is 20.0. The van der Waals surface area contributed by atoms with E-state index in [0.29, 0.717) is 0 Å². The van der Waals surface area contributed by atoms with Gasteiger partial charge in [-0.2, -0.15) is 13.2 Å². The number of halogens is 5. The molecule has 0 aliphatic carbocycles. The van der Waals surface area contributed by atoms with Crippen molar-refractivity contribution in [3.63, 3.8) is 0 Å². The van der Waals surface area contributed by atoms with E-state index in [1.807, 2.05) is 0 Å². The summed E-state index contributed by atoms with van der Waals surface area (Å²) < 4.78 is 103. The number of nitrogens with zero attached hydrogens (tertiary/aromatic N) is 1. The number of anilines is 1. The fourth-order valence-corrected chi connectivity index (χ4v) is 5.93. The number of carbonyl (C=O) groups is 1. The monoisotopic (exact) mass is 541 g/mol. The molecule has 1 atom stereocenters. The van der Waals surface area contributed by atoms with Gasteiger partial charge in [-0.05, 0) is 66.9 Å². The van der Waals surface area contributed by atoms with Crippen LogP contribution in [-0.2, 0) is 21.0 Å². The summed E-state index contributed by atoms with van der Waals surface area (Å²) >= 11 is 0. The molecule has 0 saturated carbocycles. The fourth-order valence-electron chi connectivity index (χ4n) is 4.18. The second kappa shape index (κ2) is 9.66. The number of sulfonamides is 1. The van der Waals surface area contributed by atoms with Gasteiger partial charge in [0.15, 0.2) is 0 Å². The molecule has 3 aromatic rings. The van der Waals surface area contributed by atoms with Crippen LogP contribution in [-0.4, -0.2) is 32.1 Å². The number of benzene rings is 3. The Balaban J connectivity index is 1.87. The van der Waals surface area contributed by atoms with Gasteiger partial charge in [-0.15, -0.1) is 0 Å². The molecule has 3 aromatic carbocycles. The van der Waals surface area contributed by atoms with Crippen LogP contribution >= 0.6 is 0 Å². The molecule has 0 saturated heterocycles. The Morgan fingerprint density at radius 2 is 1.84 bits per heavy atom. The third kappa shape index (κ3) is 5.24. The first-order valence-corrected chi connectivity index (χ1v) is 12.4. The smallest absolute Gasteiger partial charge is 0.416 e. The molecule has 1 aliphatic rings. The van der Waals surface area contributed by atoms with Crippen molar-refractivity contribution >= 4 is 21.7 Å². The average Bonchev–Trinajstić information content (AvgIpc) is 2.82. The highest BCUT2D eigenvalue weighted by atomic mass is 32.2. The number of fused-ring (bicyclic) bond motifs is 1. The van der Waals surface area contributed by atoms with Crippen molar-refractivity contribution in [1.82, 2.24) is 0 Å². The van der Waals surface area contributed by atoms with Gasteiger partial charge < -0.3 is 9.84 Å². The zero-order chi connectivity index (χ0) is 27.1. The van der Waals surface area contributed by atoms with Gasteiger partial charge in [0, 0.05) is 12.0 Å². The van der Waals surface area contributed by atoms with Gasteiger partial charge in [-0.3, -0.25) is 9.10 Å². The van der Waals surface area contributed by atoms with Crippen molar-refractivity contribution in [2.24, 2.45) is 0 Å². The van der Waals surface area contributed by atoms with E-state index >= 15 is 0 Å². The standard InChI is InChI=1S/C25H20F5NO5S/c1-14-19(25(28,29)30)3-2-4-23(14)37(34,35)31-13-17(7-10-24(32)33)36-22-9-5-15(11-21(22)31)18-12-16(26)6-8-20(18)27/h2-6,8-9,11-12,17H,7,10,13H2,1H3,(H,32,33)/t17-/m0/s1. The van der Waals surface area contributed by atoms with Crippen molar-refractivity contribution in [3.8, 4) is 16.9 Å². The summed E-state index contributed by atoms with van der Waals surface area (Å²) in [6.45, 7) is 0.630. The first kappa shape index (κ1) is 26.4. The quantitative estimate of drug-likeness (QED) is 0.400. The van der Waals surface area contributed by atoms with E-state index in [4.69, 9.17) is 9.84 Å². The van der Waals surface area contributed by atoms with Crippen molar-refractivity contribution in [2.45, 2.75) is 36.9 Å². The Labute approximate surface area is 209 Å². The minimum absolute atomic E-state index is 0.00426. The first-order valence-electron chi connectivity index (χ1n) is 11.0. The summed E-state index contributed by atoms with van der Waals surface area (Å²) in [5, 5.41) is 9.04. The van der Waals surface area contributed by atoms with E-state index in [2.05, 4.69) is 0 Å². The van der Waals surface area contributed by atoms with Crippen molar-refractivity contribution in [2.75, 3.05) is 10.8 Å². The van der Waals surface area contributed by atoms with Gasteiger partial charge in [0.05, 0.1) is 22.7 Å². The van der Waals surface area contributed by atoms with Crippen LogP contribution < -0.4 is 9.04 Å². The zero-order valence-electron chi connectivity index (χ0n) is 19.2. The van der Waals surface area contributed by atoms with Gasteiger partial charge in [0.1, 0.15) is 23.5 Å². The van der Waals surface area contributed by atoms with E-state index < -0.39 is 62.5 Å². The number of alkyl halides is 3. The summed E-state index contributed by atoms with van der Waals surface area (Å²) in [5.41, 5.74) is -1.81. The molecule has 0 amide bonds. The Morgan fingerprint density at radius 3 is 2.51 bits per heavy atom. The molecule has 1 aliphatic heterocycles. The van der Waals surface area contributed by atoms with Crippen LogP contribution in [0.4, 0.5) is 27.6 Å². The van der Waals surface area contributed by atoms with Crippen LogP contribution in [0.15, 0.2) is 59.5 Å². The third-order valence-corrected chi connectivity index (χ3v) is 7.89. The average molecular weight is 541 g/mol. The normalized spacial score (nSPS) is 15.7. The van der Waals surface area contributed by atoms with E-state index in [9.17, 15) is 35.2 Å². The highest BCUT2D eigenvalue weighted by Crippen LogP contribution is 2.42. The number of rotatable bonds is 6. The number of carboxylic acid groups (broad SMARTS) is 1. The van der Waals surface area contributed by atoms with Gasteiger partial charge in [0.2, 0.25) is 0 Å². The maximum Gasteiger partial charge on any atom is 0.416 e. The number of aliphatic carboxylic acids is 1. The highest BCUT2D eigenvalue weighted by Gasteiger charge is 2.39. The predicted octanol–water partition coefficient (Wildman–Crippen LogP) is 5.78. The summed E-state index contributed by atoms with van der Waals surface area (Å²) in [6, 6.07) is 9.46. The molecule has 0 radical (unpaired) electrons. The number of carboxylic acids is 1. The molecule has 12 heteroatoms. The molecular weight excluding hydrogens is 521 g/mol. The van der Waals surface area contributed by atoms with Crippen LogP contribution in [0.1, 0.15) is 24.0 Å². The number of ether oxygens (including phenoxy) is 1. The molecule has 0 fully saturated rings. The second-order valence-corrected chi connectivity index (χ2v) is 10.3. The molecule has 0 aromatic heterocycles. The third-order valence-electron chi connectivity index (χ3n) is 5.97. The van der Waals surface area contributed by atoms with E-state index in [1.165, 1.54) is 18.2 Å². The van der Waals surface area contributed by atoms with Crippen LogP contribution in [0.2, 0.25) is 0 Å². The molecule has 196 valence electrons. The van der Waals surface area contributed by atoms with Crippen LogP contribution in [0.5, 0.6) is 5.75 Å². The second-order valence-electron chi connectivity index (χ2n) is 8.44. The topological polar surface area (TPSA) is 83.9 Å². The summed E-state index contributed by atoms with van der Waals surface area (Å²) in [6.07, 6.45) is -6.16. The SMILES string of the molecule is Cc1c(C(F)(F)F)cccc1S(=O)(=O)N1C[C@H](CCC(=O)O)Oc2ccc(-c3cc(F)ccc3F)cc21. The van der Waals surface area contributed by atoms with Crippen LogP contribution in [0.25, 0.3) is 11.1 Å². The Kier molecular flexibility index (Phi) is 6.89. The Morgan fingerprint density at radius 1 is 1.11 bits per heavy atom. The van der Waals surface area contributed by atoms with E-state index in [-0.39, 0.29) is 35.4 Å². The lowest BCUT2D eigenvalue weighted by molar-refractivity contribution is -0.138. The molecule has 6 nitrogen and oxygen atoms in total. The molecule has 1 heterocycles. The molecule has 0 spiro atoms. The van der Waals surface area contributed by atoms with Crippen LogP contribution in [0.3, 0.4) is 0 Å². The van der Waals surface area contributed by atoms with Crippen molar-refractivity contribution in [1.29, 1.82) is 0 Å². The van der Waals surface area contributed by atoms with Gasteiger partial charge in [0.25, 0.3) is 10.0 Å². The van der Waals surface area contributed by atoms with Gasteiger partial charge >= 0.3 is 12.1 Å². The van der Waals surface area contributed by atoms with Crippen LogP contribution in [0, 0.1) is 18.6 Å².